The number of hydrogen-bond donors (Lipinski definition) is 1. The lowest BCUT2D eigenvalue weighted by atomic mass is 11.3. The molecular formula is C2H3IN2S. The van der Waals surface area contributed by atoms with E-state index in [2.05, 4.69) is 27.1 Å². The van der Waals surface area contributed by atoms with Gasteiger partial charge in [-0.25, -0.2) is 0 Å². The molecule has 0 saturated heterocycles. The van der Waals surface area contributed by atoms with Gasteiger partial charge in [-0.1, -0.05) is 22.6 Å². The zero-order valence-corrected chi connectivity index (χ0v) is 5.86. The zero-order chi connectivity index (χ0) is 4.83. The SMILES string of the molecule is N=NS/C=C\I. The molecule has 1 N–H and O–H groups in total. The fourth-order valence-electron chi connectivity index (χ4n) is 0.0534. The third-order valence-electron chi connectivity index (χ3n) is 0.165. The summed E-state index contributed by atoms with van der Waals surface area (Å²) in [4.78, 5) is 0. The number of halogens is 1. The van der Waals surface area contributed by atoms with Crippen molar-refractivity contribution in [3.63, 3.8) is 0 Å². The van der Waals surface area contributed by atoms with Crippen LogP contribution >= 0.6 is 34.5 Å². The molecular weight excluding hydrogens is 211 g/mol. The Kier molecular flexibility index (Phi) is 5.80. The Labute approximate surface area is 54.2 Å². The van der Waals surface area contributed by atoms with Crippen LogP contribution in [0.15, 0.2) is 14.0 Å². The van der Waals surface area contributed by atoms with E-state index in [1.165, 1.54) is 0 Å². The molecule has 0 bridgehead atoms. The first kappa shape index (κ1) is 6.42. The summed E-state index contributed by atoms with van der Waals surface area (Å²) in [7, 11) is 0. The van der Waals surface area contributed by atoms with Gasteiger partial charge in [0.15, 0.2) is 0 Å². The van der Waals surface area contributed by atoms with Crippen molar-refractivity contribution in [3.05, 3.63) is 9.49 Å². The summed E-state index contributed by atoms with van der Waals surface area (Å²) in [5.74, 6) is 0. The number of nitrogens with zero attached hydrogens (tertiary/aromatic N) is 1. The third-order valence-corrected chi connectivity index (χ3v) is 1.38. The molecule has 0 fully saturated rings. The van der Waals surface area contributed by atoms with Gasteiger partial charge in [0, 0.05) is 17.4 Å². The Morgan fingerprint density at radius 2 is 2.50 bits per heavy atom. The summed E-state index contributed by atoms with van der Waals surface area (Å²) in [6.07, 6.45) is 0. The lowest BCUT2D eigenvalue weighted by molar-refractivity contribution is 1.26. The molecule has 0 aromatic heterocycles. The van der Waals surface area contributed by atoms with Crippen LogP contribution in [0.4, 0.5) is 0 Å². The zero-order valence-electron chi connectivity index (χ0n) is 2.89. The molecule has 6 heavy (non-hydrogen) atoms. The van der Waals surface area contributed by atoms with Crippen LogP contribution in [0.3, 0.4) is 0 Å². The third kappa shape index (κ3) is 4.42. The van der Waals surface area contributed by atoms with Crippen LogP contribution in [0.1, 0.15) is 0 Å². The molecule has 0 atom stereocenters. The lowest BCUT2D eigenvalue weighted by Gasteiger charge is -1.66. The normalized spacial score (nSPS) is 9.50. The van der Waals surface area contributed by atoms with Crippen molar-refractivity contribution in [3.8, 4) is 0 Å². The van der Waals surface area contributed by atoms with E-state index in [0.29, 0.717) is 0 Å². The summed E-state index contributed by atoms with van der Waals surface area (Å²) in [5, 5.41) is 1.73. The van der Waals surface area contributed by atoms with Gasteiger partial charge >= 0.3 is 0 Å². The highest BCUT2D eigenvalue weighted by Gasteiger charge is 1.61. The van der Waals surface area contributed by atoms with E-state index in [1.807, 2.05) is 0 Å². The molecule has 0 aliphatic rings. The molecule has 0 aromatic rings. The van der Waals surface area contributed by atoms with Crippen LogP contribution < -0.4 is 0 Å². The van der Waals surface area contributed by atoms with E-state index < -0.39 is 0 Å². The average Bonchev–Trinajstić information content (AvgIpc) is 1.61. The van der Waals surface area contributed by atoms with Gasteiger partial charge < -0.3 is 0 Å². The molecule has 34 valence electrons. The van der Waals surface area contributed by atoms with Crippen molar-refractivity contribution in [1.82, 2.24) is 0 Å². The smallest absolute Gasteiger partial charge is 0.0260 e. The van der Waals surface area contributed by atoms with Crippen molar-refractivity contribution in [1.29, 1.82) is 5.53 Å². The first-order chi connectivity index (χ1) is 2.91. The highest BCUT2D eigenvalue weighted by atomic mass is 127. The van der Waals surface area contributed by atoms with Crippen molar-refractivity contribution < 1.29 is 0 Å². The summed E-state index contributed by atoms with van der Waals surface area (Å²) in [5.41, 5.74) is 6.24. The maximum Gasteiger partial charge on any atom is 0.0260 e. The highest BCUT2D eigenvalue weighted by molar-refractivity contribution is 14.1. The Morgan fingerprint density at radius 3 is 2.67 bits per heavy atom. The standard InChI is InChI=1S/C2H3IN2S/c3-1-2-6-5-4/h1-2,4H/b2-1-,5-4?. The molecule has 0 aliphatic carbocycles. The van der Waals surface area contributed by atoms with Gasteiger partial charge in [-0.15, -0.1) is 4.52 Å². The van der Waals surface area contributed by atoms with Crippen molar-refractivity contribution in [2.45, 2.75) is 0 Å². The van der Waals surface area contributed by atoms with Gasteiger partial charge in [-0.2, -0.15) is 5.53 Å². The highest BCUT2D eigenvalue weighted by Crippen LogP contribution is 2.02. The molecule has 0 aromatic carbocycles. The largest absolute Gasteiger partial charge is 0.197 e. The van der Waals surface area contributed by atoms with E-state index >= 15 is 0 Å². The monoisotopic (exact) mass is 214 g/mol. The van der Waals surface area contributed by atoms with Gasteiger partial charge in [0.2, 0.25) is 0 Å². The Hall–Kier alpha value is 0.420. The molecule has 4 heteroatoms. The van der Waals surface area contributed by atoms with Crippen LogP contribution in [0.5, 0.6) is 0 Å². The Balaban J connectivity index is 2.85. The van der Waals surface area contributed by atoms with E-state index in [0.717, 1.165) is 11.9 Å². The molecule has 0 aliphatic heterocycles. The number of nitrogens with one attached hydrogen (secondary N) is 1. The van der Waals surface area contributed by atoms with Gasteiger partial charge in [0.05, 0.1) is 0 Å². The van der Waals surface area contributed by atoms with Crippen LogP contribution in [-0.2, 0) is 0 Å². The average molecular weight is 214 g/mol. The minimum Gasteiger partial charge on any atom is -0.197 e. The van der Waals surface area contributed by atoms with Gasteiger partial charge in [0.1, 0.15) is 0 Å². The molecule has 0 rings (SSSR count). The Bertz CT molecular complexity index is 62.6. The Morgan fingerprint density at radius 1 is 1.83 bits per heavy atom. The molecule has 0 heterocycles. The van der Waals surface area contributed by atoms with Crippen LogP contribution in [0, 0.1) is 5.53 Å². The second-order valence-corrected chi connectivity index (χ2v) is 1.84. The van der Waals surface area contributed by atoms with Crippen LogP contribution in [0.25, 0.3) is 0 Å². The van der Waals surface area contributed by atoms with Crippen LogP contribution in [0.2, 0.25) is 0 Å². The van der Waals surface area contributed by atoms with Crippen molar-refractivity contribution >= 4 is 34.5 Å². The van der Waals surface area contributed by atoms with Crippen molar-refractivity contribution in [2.24, 2.45) is 4.52 Å². The maximum absolute atomic E-state index is 6.24. The maximum atomic E-state index is 6.24. The predicted molar refractivity (Wildman–Crippen MR) is 35.9 cm³/mol. The van der Waals surface area contributed by atoms with Gasteiger partial charge in [0.25, 0.3) is 0 Å². The molecule has 0 saturated carbocycles. The summed E-state index contributed by atoms with van der Waals surface area (Å²) < 4.78 is 4.81. The second-order valence-electron chi connectivity index (χ2n) is 0.459. The minimum atomic E-state index is 1.11. The quantitative estimate of drug-likeness (QED) is 0.428. The number of rotatable bonds is 2. The van der Waals surface area contributed by atoms with E-state index in [9.17, 15) is 0 Å². The molecule has 0 spiro atoms. The van der Waals surface area contributed by atoms with Crippen molar-refractivity contribution in [2.75, 3.05) is 0 Å². The van der Waals surface area contributed by atoms with Gasteiger partial charge in [-0.3, -0.25) is 0 Å². The fraction of sp³-hybridized carbons (Fsp3) is 0. The predicted octanol–water partition coefficient (Wildman–Crippen LogP) is 2.57. The molecule has 0 amide bonds. The first-order valence-electron chi connectivity index (χ1n) is 1.19. The second kappa shape index (κ2) is 5.42. The lowest BCUT2D eigenvalue weighted by Crippen LogP contribution is -1.30. The minimum absolute atomic E-state index is 1.11. The van der Waals surface area contributed by atoms with Crippen LogP contribution in [-0.4, -0.2) is 0 Å². The topological polar surface area (TPSA) is 36.2 Å². The fourth-order valence-corrected chi connectivity index (χ4v) is 0.554. The van der Waals surface area contributed by atoms with E-state index in [1.54, 1.807) is 9.49 Å². The van der Waals surface area contributed by atoms with E-state index in [-0.39, 0.29) is 0 Å². The number of hydrogen-bond acceptors (Lipinski definition) is 3. The molecule has 0 radical (unpaired) electrons. The first-order valence-corrected chi connectivity index (χ1v) is 3.28. The van der Waals surface area contributed by atoms with Gasteiger partial charge in [-0.05, 0) is 4.08 Å². The summed E-state index contributed by atoms with van der Waals surface area (Å²) >= 11 is 3.18. The summed E-state index contributed by atoms with van der Waals surface area (Å²) in [6.45, 7) is 0. The molecule has 2 nitrogen and oxygen atoms in total. The van der Waals surface area contributed by atoms with E-state index in [4.69, 9.17) is 5.53 Å². The molecule has 0 unspecified atom stereocenters. The summed E-state index contributed by atoms with van der Waals surface area (Å²) in [6, 6.07) is 0.